The monoisotopic (exact) mass is 456 g/mol. The van der Waals surface area contributed by atoms with Crippen molar-refractivity contribution in [1.29, 1.82) is 0 Å². The molecule has 1 unspecified atom stereocenters. The summed E-state index contributed by atoms with van der Waals surface area (Å²) in [5, 5.41) is 6.43. The van der Waals surface area contributed by atoms with Crippen molar-refractivity contribution in [3.8, 4) is 0 Å². The molecule has 0 aliphatic heterocycles. The van der Waals surface area contributed by atoms with Crippen molar-refractivity contribution >= 4 is 5.97 Å². The highest BCUT2D eigenvalue weighted by Gasteiger charge is 2.32. The van der Waals surface area contributed by atoms with Crippen LogP contribution in [-0.4, -0.2) is 24.7 Å². The first kappa shape index (κ1) is 26.8. The SMILES string of the molecule is C=C(NCC(=O)OC(CNC(=C)[C@@H]1C[C@H](C)CC[C@H]1C(C)C)c1ccccc1)OC(C)(C)C. The van der Waals surface area contributed by atoms with Crippen molar-refractivity contribution < 1.29 is 14.3 Å². The minimum atomic E-state index is -0.410. The third kappa shape index (κ3) is 9.15. The molecule has 5 nitrogen and oxygen atoms in total. The Kier molecular flexibility index (Phi) is 9.87. The molecule has 0 bridgehead atoms. The van der Waals surface area contributed by atoms with Gasteiger partial charge in [0, 0.05) is 11.6 Å². The van der Waals surface area contributed by atoms with E-state index in [1.54, 1.807) is 0 Å². The minimum absolute atomic E-state index is 0.00520. The molecule has 0 radical (unpaired) electrons. The van der Waals surface area contributed by atoms with E-state index in [1.165, 1.54) is 12.8 Å². The van der Waals surface area contributed by atoms with Crippen LogP contribution in [0.5, 0.6) is 0 Å². The van der Waals surface area contributed by atoms with Crippen molar-refractivity contribution in [2.24, 2.45) is 23.7 Å². The molecule has 2 rings (SSSR count). The van der Waals surface area contributed by atoms with E-state index in [-0.39, 0.29) is 18.1 Å². The maximum absolute atomic E-state index is 12.6. The minimum Gasteiger partial charge on any atom is -0.474 e. The molecule has 0 amide bonds. The van der Waals surface area contributed by atoms with Crippen molar-refractivity contribution in [2.75, 3.05) is 13.1 Å². The van der Waals surface area contributed by atoms with Crippen LogP contribution in [0.4, 0.5) is 0 Å². The lowest BCUT2D eigenvalue weighted by molar-refractivity contribution is -0.148. The topological polar surface area (TPSA) is 59.6 Å². The van der Waals surface area contributed by atoms with Gasteiger partial charge in [0.25, 0.3) is 0 Å². The Hall–Kier alpha value is -2.43. The standard InChI is InChI=1S/C28H44N2O3/c1-19(2)24-15-14-20(3)16-25(24)21(4)29-17-26(23-12-10-9-11-13-23)32-27(31)18-30-22(5)33-28(6,7)8/h9-13,19-20,24-26,29-30H,4-5,14-18H2,1-3,6-8H3/t20-,24+,25+,26?/m1/s1. The number of carbonyl (C=O) groups excluding carboxylic acids is 1. The van der Waals surface area contributed by atoms with Crippen LogP contribution in [0.3, 0.4) is 0 Å². The van der Waals surface area contributed by atoms with Gasteiger partial charge in [0.1, 0.15) is 18.2 Å². The van der Waals surface area contributed by atoms with Gasteiger partial charge in [0.2, 0.25) is 0 Å². The van der Waals surface area contributed by atoms with E-state index in [4.69, 9.17) is 9.47 Å². The first-order chi connectivity index (χ1) is 15.5. The van der Waals surface area contributed by atoms with Gasteiger partial charge in [0.15, 0.2) is 5.88 Å². The lowest BCUT2D eigenvalue weighted by atomic mass is 9.69. The summed E-state index contributed by atoms with van der Waals surface area (Å²) in [5.41, 5.74) is 1.63. The molecule has 1 aliphatic carbocycles. The molecule has 2 N–H and O–H groups in total. The lowest BCUT2D eigenvalue weighted by Gasteiger charge is -2.39. The smallest absolute Gasteiger partial charge is 0.326 e. The predicted octanol–water partition coefficient (Wildman–Crippen LogP) is 5.96. The van der Waals surface area contributed by atoms with Crippen molar-refractivity contribution in [1.82, 2.24) is 10.6 Å². The molecule has 4 atom stereocenters. The fourth-order valence-corrected chi connectivity index (χ4v) is 4.63. The third-order valence-electron chi connectivity index (χ3n) is 6.29. The van der Waals surface area contributed by atoms with Crippen molar-refractivity contribution in [2.45, 2.75) is 72.5 Å². The van der Waals surface area contributed by atoms with Crippen LogP contribution >= 0.6 is 0 Å². The number of hydrogen-bond donors (Lipinski definition) is 2. The number of allylic oxidation sites excluding steroid dienone is 1. The van der Waals surface area contributed by atoms with E-state index < -0.39 is 6.10 Å². The molecule has 0 heterocycles. The summed E-state index contributed by atoms with van der Waals surface area (Å²) in [7, 11) is 0. The highest BCUT2D eigenvalue weighted by molar-refractivity contribution is 5.72. The molecule has 33 heavy (non-hydrogen) atoms. The second-order valence-electron chi connectivity index (χ2n) is 10.7. The largest absolute Gasteiger partial charge is 0.474 e. The number of nitrogens with one attached hydrogen (secondary N) is 2. The van der Waals surface area contributed by atoms with Gasteiger partial charge in [-0.05, 0) is 63.5 Å². The fourth-order valence-electron chi connectivity index (χ4n) is 4.63. The molecular weight excluding hydrogens is 412 g/mol. The van der Waals surface area contributed by atoms with E-state index in [2.05, 4.69) is 44.6 Å². The van der Waals surface area contributed by atoms with Gasteiger partial charge >= 0.3 is 5.97 Å². The average Bonchev–Trinajstić information content (AvgIpc) is 2.74. The highest BCUT2D eigenvalue weighted by atomic mass is 16.5. The predicted molar refractivity (Wildman–Crippen MR) is 135 cm³/mol. The molecule has 5 heteroatoms. The Morgan fingerprint density at radius 2 is 1.79 bits per heavy atom. The molecular formula is C28H44N2O3. The highest BCUT2D eigenvalue weighted by Crippen LogP contribution is 2.40. The summed E-state index contributed by atoms with van der Waals surface area (Å²) in [6.07, 6.45) is 3.28. The van der Waals surface area contributed by atoms with Gasteiger partial charge < -0.3 is 20.1 Å². The molecule has 0 spiro atoms. The lowest BCUT2D eigenvalue weighted by Crippen LogP contribution is -2.36. The molecule has 184 valence electrons. The van der Waals surface area contributed by atoms with E-state index in [9.17, 15) is 4.79 Å². The average molecular weight is 457 g/mol. The first-order valence-corrected chi connectivity index (χ1v) is 12.2. The Labute approximate surface area is 201 Å². The van der Waals surface area contributed by atoms with Gasteiger partial charge in [-0.15, -0.1) is 0 Å². The molecule has 0 aromatic heterocycles. The zero-order chi connectivity index (χ0) is 24.6. The Morgan fingerprint density at radius 3 is 2.39 bits per heavy atom. The molecule has 1 aromatic carbocycles. The molecule has 1 saturated carbocycles. The van der Waals surface area contributed by atoms with Crippen molar-refractivity contribution in [3.05, 3.63) is 60.6 Å². The molecule has 1 aromatic rings. The summed E-state index contributed by atoms with van der Waals surface area (Å²) in [4.78, 5) is 12.6. The number of benzene rings is 1. The van der Waals surface area contributed by atoms with Gasteiger partial charge in [0.05, 0.1) is 6.54 Å². The van der Waals surface area contributed by atoms with Crippen LogP contribution in [0, 0.1) is 23.7 Å². The zero-order valence-electron chi connectivity index (χ0n) is 21.4. The zero-order valence-corrected chi connectivity index (χ0v) is 21.4. The number of hydrogen-bond acceptors (Lipinski definition) is 5. The Balaban J connectivity index is 1.99. The van der Waals surface area contributed by atoms with E-state index in [0.717, 1.165) is 17.7 Å². The van der Waals surface area contributed by atoms with Gasteiger partial charge in [-0.25, -0.2) is 0 Å². The van der Waals surface area contributed by atoms with Gasteiger partial charge in [-0.3, -0.25) is 4.79 Å². The maximum Gasteiger partial charge on any atom is 0.326 e. The van der Waals surface area contributed by atoms with E-state index in [1.807, 2.05) is 51.1 Å². The summed E-state index contributed by atoms with van der Waals surface area (Å²) in [6.45, 7) is 21.4. The number of ether oxygens (including phenoxy) is 2. The summed E-state index contributed by atoms with van der Waals surface area (Å²) < 4.78 is 11.5. The second kappa shape index (κ2) is 12.2. The number of carbonyl (C=O) groups is 1. The molecule has 0 saturated heterocycles. The summed E-state index contributed by atoms with van der Waals surface area (Å²) in [6, 6.07) is 9.84. The second-order valence-corrected chi connectivity index (χ2v) is 10.7. The Bertz CT molecular complexity index is 782. The number of esters is 1. The quantitative estimate of drug-likeness (QED) is 0.318. The van der Waals surface area contributed by atoms with Gasteiger partial charge in [-0.2, -0.15) is 0 Å². The third-order valence-corrected chi connectivity index (χ3v) is 6.29. The van der Waals surface area contributed by atoms with Crippen LogP contribution in [0.15, 0.2) is 55.1 Å². The normalized spacial score (nSPS) is 21.7. The van der Waals surface area contributed by atoms with Gasteiger partial charge in [-0.1, -0.05) is 64.1 Å². The van der Waals surface area contributed by atoms with Crippen molar-refractivity contribution in [3.63, 3.8) is 0 Å². The van der Waals surface area contributed by atoms with Crippen LogP contribution in [0.1, 0.15) is 72.5 Å². The fraction of sp³-hybridized carbons (Fsp3) is 0.607. The molecule has 1 aliphatic rings. The van der Waals surface area contributed by atoms with E-state index >= 15 is 0 Å². The summed E-state index contributed by atoms with van der Waals surface area (Å²) >= 11 is 0. The molecule has 1 fully saturated rings. The maximum atomic E-state index is 12.6. The Morgan fingerprint density at radius 1 is 1.12 bits per heavy atom. The first-order valence-electron chi connectivity index (χ1n) is 12.2. The van der Waals surface area contributed by atoms with E-state index in [0.29, 0.717) is 36.1 Å². The van der Waals surface area contributed by atoms with Crippen LogP contribution in [0.2, 0.25) is 0 Å². The van der Waals surface area contributed by atoms with Crippen LogP contribution < -0.4 is 10.6 Å². The van der Waals surface area contributed by atoms with Crippen LogP contribution in [0.25, 0.3) is 0 Å². The summed E-state index contributed by atoms with van der Waals surface area (Å²) in [5.74, 6) is 2.41. The van der Waals surface area contributed by atoms with Crippen LogP contribution in [-0.2, 0) is 14.3 Å². The number of rotatable bonds is 11.